The van der Waals surface area contributed by atoms with Gasteiger partial charge < -0.3 is 14.7 Å². The second-order valence-corrected chi connectivity index (χ2v) is 7.87. The largest absolute Gasteiger partial charge is 0.368 e. The highest BCUT2D eigenvalue weighted by molar-refractivity contribution is 5.92. The summed E-state index contributed by atoms with van der Waals surface area (Å²) in [5.41, 5.74) is 3.04. The molecule has 9 heteroatoms. The molecule has 0 radical (unpaired) electrons. The molecule has 5 rings (SSSR count). The highest BCUT2D eigenvalue weighted by atomic mass is 15.3. The smallest absolute Gasteiger partial charge is 0.163 e. The van der Waals surface area contributed by atoms with Crippen molar-refractivity contribution < 1.29 is 0 Å². The Hall–Kier alpha value is -3.49. The van der Waals surface area contributed by atoms with Crippen LogP contribution in [0.15, 0.2) is 30.7 Å². The van der Waals surface area contributed by atoms with Crippen molar-refractivity contribution in [2.24, 2.45) is 7.05 Å². The summed E-state index contributed by atoms with van der Waals surface area (Å²) in [5.74, 6) is 2.69. The van der Waals surface area contributed by atoms with Gasteiger partial charge in [-0.15, -0.1) is 0 Å². The molecule has 0 unspecified atom stereocenters. The minimum absolute atomic E-state index is 0.772. The lowest BCUT2D eigenvalue weighted by atomic mass is 10.1. The van der Waals surface area contributed by atoms with Gasteiger partial charge in [0.25, 0.3) is 0 Å². The van der Waals surface area contributed by atoms with E-state index in [1.54, 1.807) is 6.33 Å². The van der Waals surface area contributed by atoms with Crippen LogP contribution in [0.5, 0.6) is 0 Å². The first-order valence-electron chi connectivity index (χ1n) is 10.1. The molecule has 9 nitrogen and oxygen atoms in total. The van der Waals surface area contributed by atoms with Gasteiger partial charge in [-0.2, -0.15) is 5.10 Å². The lowest BCUT2D eigenvalue weighted by Gasteiger charge is -2.37. The zero-order valence-corrected chi connectivity index (χ0v) is 17.7. The van der Waals surface area contributed by atoms with Gasteiger partial charge in [-0.25, -0.2) is 19.9 Å². The lowest BCUT2D eigenvalue weighted by molar-refractivity contribution is 0.648. The minimum atomic E-state index is 0.772. The molecule has 3 aromatic heterocycles. The summed E-state index contributed by atoms with van der Waals surface area (Å²) in [4.78, 5) is 24.9. The van der Waals surface area contributed by atoms with Gasteiger partial charge in [0.05, 0.1) is 17.1 Å². The summed E-state index contributed by atoms with van der Waals surface area (Å²) in [6, 6.07) is 6.44. The van der Waals surface area contributed by atoms with Gasteiger partial charge in [-0.3, -0.25) is 4.68 Å². The number of rotatable bonds is 3. The Balaban J connectivity index is 1.41. The maximum absolute atomic E-state index is 4.73. The number of hydrogen-bond acceptors (Lipinski definition) is 8. The van der Waals surface area contributed by atoms with Gasteiger partial charge in [0, 0.05) is 58.4 Å². The third kappa shape index (κ3) is 3.06. The summed E-state index contributed by atoms with van der Waals surface area (Å²) < 4.78 is 1.81. The monoisotopic (exact) mass is 403 g/mol. The fourth-order valence-corrected chi connectivity index (χ4v) is 4.11. The van der Waals surface area contributed by atoms with Gasteiger partial charge in [-0.05, 0) is 25.1 Å². The Labute approximate surface area is 175 Å². The predicted molar refractivity (Wildman–Crippen MR) is 119 cm³/mol. The van der Waals surface area contributed by atoms with Crippen LogP contribution in [0, 0.1) is 6.92 Å². The summed E-state index contributed by atoms with van der Waals surface area (Å²) in [5, 5.41) is 6.45. The minimum Gasteiger partial charge on any atom is -0.368 e. The van der Waals surface area contributed by atoms with E-state index in [4.69, 9.17) is 4.98 Å². The Bertz CT molecular complexity index is 1220. The van der Waals surface area contributed by atoms with Gasteiger partial charge >= 0.3 is 0 Å². The van der Waals surface area contributed by atoms with Crippen LogP contribution in [0.1, 0.15) is 5.82 Å². The van der Waals surface area contributed by atoms with E-state index in [0.29, 0.717) is 0 Å². The first kappa shape index (κ1) is 18.5. The normalized spacial score (nSPS) is 14.7. The Morgan fingerprint density at radius 2 is 1.70 bits per heavy atom. The average Bonchev–Trinajstić information content (AvgIpc) is 3.13. The molecule has 0 bridgehead atoms. The van der Waals surface area contributed by atoms with Crippen molar-refractivity contribution in [2.45, 2.75) is 6.92 Å². The van der Waals surface area contributed by atoms with E-state index in [0.717, 1.165) is 65.6 Å². The zero-order chi connectivity index (χ0) is 20.8. The molecular formula is C21H25N9. The van der Waals surface area contributed by atoms with E-state index in [1.807, 2.05) is 43.8 Å². The van der Waals surface area contributed by atoms with Gasteiger partial charge in [0.2, 0.25) is 0 Å². The van der Waals surface area contributed by atoms with Crippen LogP contribution in [0.3, 0.4) is 0 Å². The standard InChI is InChI=1S/C21H25N9/c1-14-25-20-17(12-24-28(20)4)21(26-14)30-9-7-29(8-10-30)15-5-6-18-16(11-15)19(27(2)3)23-13-22-18/h5-6,11-13H,7-10H2,1-4H3. The second-order valence-electron chi connectivity index (χ2n) is 7.87. The first-order valence-corrected chi connectivity index (χ1v) is 10.1. The molecule has 1 aliphatic rings. The summed E-state index contributed by atoms with van der Waals surface area (Å²) >= 11 is 0. The van der Waals surface area contributed by atoms with Crippen LogP contribution in [0.4, 0.5) is 17.3 Å². The number of anilines is 3. The number of fused-ring (bicyclic) bond motifs is 2. The number of aromatic nitrogens is 6. The fraction of sp³-hybridized carbons (Fsp3) is 0.381. The first-order chi connectivity index (χ1) is 14.5. The molecule has 154 valence electrons. The van der Waals surface area contributed by atoms with Gasteiger partial charge in [-0.1, -0.05) is 0 Å². The van der Waals surface area contributed by atoms with Gasteiger partial charge in [0.15, 0.2) is 5.65 Å². The van der Waals surface area contributed by atoms with E-state index in [2.05, 4.69) is 48.0 Å². The summed E-state index contributed by atoms with van der Waals surface area (Å²) in [6.07, 6.45) is 3.49. The van der Waals surface area contributed by atoms with Crippen molar-refractivity contribution in [1.82, 2.24) is 29.7 Å². The van der Waals surface area contributed by atoms with Crippen molar-refractivity contribution >= 4 is 39.3 Å². The molecule has 1 fully saturated rings. The van der Waals surface area contributed by atoms with Crippen molar-refractivity contribution in [3.8, 4) is 0 Å². The molecule has 1 aromatic carbocycles. The molecule has 0 aliphatic carbocycles. The Morgan fingerprint density at radius 3 is 2.47 bits per heavy atom. The maximum atomic E-state index is 4.73. The molecule has 1 saturated heterocycles. The Morgan fingerprint density at radius 1 is 0.933 bits per heavy atom. The van der Waals surface area contributed by atoms with Crippen molar-refractivity contribution in [3.63, 3.8) is 0 Å². The van der Waals surface area contributed by atoms with E-state index >= 15 is 0 Å². The highest BCUT2D eigenvalue weighted by Crippen LogP contribution is 2.29. The number of hydrogen-bond donors (Lipinski definition) is 0. The lowest BCUT2D eigenvalue weighted by Crippen LogP contribution is -2.47. The summed E-state index contributed by atoms with van der Waals surface area (Å²) in [6.45, 7) is 5.56. The van der Waals surface area contributed by atoms with Crippen LogP contribution in [0.2, 0.25) is 0 Å². The topological polar surface area (TPSA) is 79.1 Å². The van der Waals surface area contributed by atoms with Crippen LogP contribution in [0.25, 0.3) is 21.9 Å². The van der Waals surface area contributed by atoms with Crippen molar-refractivity contribution in [3.05, 3.63) is 36.5 Å². The summed E-state index contributed by atoms with van der Waals surface area (Å²) in [7, 11) is 5.94. The fourth-order valence-electron chi connectivity index (χ4n) is 4.11. The van der Waals surface area contributed by atoms with Crippen molar-refractivity contribution in [1.29, 1.82) is 0 Å². The van der Waals surface area contributed by atoms with Crippen LogP contribution >= 0.6 is 0 Å². The van der Waals surface area contributed by atoms with Crippen molar-refractivity contribution in [2.75, 3.05) is 55.0 Å². The van der Waals surface area contributed by atoms with Crippen LogP contribution < -0.4 is 14.7 Å². The van der Waals surface area contributed by atoms with Crippen LogP contribution in [-0.2, 0) is 7.05 Å². The molecule has 0 saturated carbocycles. The SMILES string of the molecule is Cc1nc(N2CCN(c3ccc4ncnc(N(C)C)c4c3)CC2)c2cnn(C)c2n1. The average molecular weight is 403 g/mol. The van der Waals surface area contributed by atoms with Gasteiger partial charge in [0.1, 0.15) is 23.8 Å². The van der Waals surface area contributed by atoms with E-state index in [-0.39, 0.29) is 0 Å². The number of nitrogens with zero attached hydrogens (tertiary/aromatic N) is 9. The molecule has 4 heterocycles. The molecule has 0 spiro atoms. The molecule has 0 N–H and O–H groups in total. The van der Waals surface area contributed by atoms with Crippen LogP contribution in [-0.4, -0.2) is 70.0 Å². The zero-order valence-electron chi connectivity index (χ0n) is 17.7. The Kier molecular flexibility index (Phi) is 4.38. The predicted octanol–water partition coefficient (Wildman–Crippen LogP) is 2.01. The second kappa shape index (κ2) is 7.08. The third-order valence-corrected chi connectivity index (χ3v) is 5.65. The third-order valence-electron chi connectivity index (χ3n) is 5.65. The number of aryl methyl sites for hydroxylation is 2. The van der Waals surface area contributed by atoms with E-state index in [1.165, 1.54) is 5.69 Å². The number of piperazine rings is 1. The van der Waals surface area contributed by atoms with E-state index < -0.39 is 0 Å². The molecule has 0 atom stereocenters. The molecule has 0 amide bonds. The molecule has 4 aromatic rings. The quantitative estimate of drug-likeness (QED) is 0.514. The molecule has 30 heavy (non-hydrogen) atoms. The highest BCUT2D eigenvalue weighted by Gasteiger charge is 2.22. The molecule has 1 aliphatic heterocycles. The number of benzene rings is 1. The van der Waals surface area contributed by atoms with E-state index in [9.17, 15) is 0 Å². The maximum Gasteiger partial charge on any atom is 0.163 e. The molecular weight excluding hydrogens is 378 g/mol.